The van der Waals surface area contributed by atoms with Crippen LogP contribution < -0.4 is 10.2 Å². The van der Waals surface area contributed by atoms with Crippen LogP contribution in [0.1, 0.15) is 40.5 Å². The molecule has 2 aromatic carbocycles. The average Bonchev–Trinajstić information content (AvgIpc) is 3.12. The highest BCUT2D eigenvalue weighted by atomic mass is 35.5. The van der Waals surface area contributed by atoms with Gasteiger partial charge in [-0.25, -0.2) is 4.79 Å². The molecule has 8 heteroatoms. The smallest absolute Gasteiger partial charge is 0.338 e. The third kappa shape index (κ3) is 5.00. The van der Waals surface area contributed by atoms with Crippen LogP contribution in [-0.4, -0.2) is 36.7 Å². The molecule has 0 unspecified atom stereocenters. The molecule has 0 aromatic heterocycles. The summed E-state index contributed by atoms with van der Waals surface area (Å²) >= 11 is 6.16. The summed E-state index contributed by atoms with van der Waals surface area (Å²) in [5.74, 6) is -1.42. The highest BCUT2D eigenvalue weighted by Crippen LogP contribution is 2.30. The molecule has 1 saturated heterocycles. The second kappa shape index (κ2) is 8.87. The number of esters is 1. The van der Waals surface area contributed by atoms with Gasteiger partial charge >= 0.3 is 5.97 Å². The predicted molar refractivity (Wildman–Crippen MR) is 108 cm³/mol. The fourth-order valence-corrected chi connectivity index (χ4v) is 3.20. The summed E-state index contributed by atoms with van der Waals surface area (Å²) in [6.07, 6.45) is 1.17. The fraction of sp³-hybridized carbons (Fsp3) is 0.238. The number of hydrogen-bond donors (Lipinski definition) is 1. The van der Waals surface area contributed by atoms with E-state index in [-0.39, 0.29) is 17.3 Å². The molecule has 0 radical (unpaired) electrons. The van der Waals surface area contributed by atoms with Crippen molar-refractivity contribution in [1.82, 2.24) is 0 Å². The number of benzene rings is 2. The molecule has 0 aliphatic carbocycles. The van der Waals surface area contributed by atoms with E-state index in [1.807, 2.05) is 0 Å². The molecular formula is C21H19ClN2O5. The number of Topliss-reactive ketones (excluding diaryl/α,β-unsaturated/α-hetero) is 1. The first-order chi connectivity index (χ1) is 13.8. The van der Waals surface area contributed by atoms with Crippen molar-refractivity contribution in [3.05, 3.63) is 58.6 Å². The van der Waals surface area contributed by atoms with Crippen molar-refractivity contribution < 1.29 is 23.9 Å². The molecule has 1 aliphatic heterocycles. The van der Waals surface area contributed by atoms with Crippen molar-refractivity contribution in [3.63, 3.8) is 0 Å². The average molecular weight is 415 g/mol. The summed E-state index contributed by atoms with van der Waals surface area (Å²) in [5, 5.41) is 2.93. The number of halogens is 1. The monoisotopic (exact) mass is 414 g/mol. The van der Waals surface area contributed by atoms with Gasteiger partial charge in [-0.1, -0.05) is 23.7 Å². The van der Waals surface area contributed by atoms with Crippen molar-refractivity contribution in [1.29, 1.82) is 0 Å². The second-order valence-corrected chi connectivity index (χ2v) is 6.98. The Morgan fingerprint density at radius 3 is 2.62 bits per heavy atom. The van der Waals surface area contributed by atoms with Gasteiger partial charge in [-0.2, -0.15) is 0 Å². The number of hydrogen-bond acceptors (Lipinski definition) is 5. The van der Waals surface area contributed by atoms with E-state index in [1.165, 1.54) is 30.0 Å². The largest absolute Gasteiger partial charge is 0.452 e. The number of amides is 2. The van der Waals surface area contributed by atoms with E-state index in [4.69, 9.17) is 16.3 Å². The summed E-state index contributed by atoms with van der Waals surface area (Å²) in [4.78, 5) is 49.2. The molecule has 1 N–H and O–H groups in total. The summed E-state index contributed by atoms with van der Waals surface area (Å²) in [6, 6.07) is 10.9. The van der Waals surface area contributed by atoms with Crippen molar-refractivity contribution in [2.75, 3.05) is 23.4 Å². The van der Waals surface area contributed by atoms with Gasteiger partial charge in [0.25, 0.3) is 5.91 Å². The van der Waals surface area contributed by atoms with E-state index in [0.29, 0.717) is 34.9 Å². The van der Waals surface area contributed by atoms with Gasteiger partial charge in [0.2, 0.25) is 5.91 Å². The number of anilines is 2. The summed E-state index contributed by atoms with van der Waals surface area (Å²) in [6.45, 7) is 1.47. The number of carbonyl (C=O) groups is 4. The SMILES string of the molecule is CC(=O)c1cccc(NC(=O)COC(=O)c2ccc(Cl)c(N3CCCC3=O)c2)c1. The molecule has 29 heavy (non-hydrogen) atoms. The standard InChI is InChI=1S/C21H19ClN2O5/c1-13(25)14-4-2-5-16(10-14)23-19(26)12-29-21(28)15-7-8-17(22)18(11-15)24-9-3-6-20(24)27/h2,4-5,7-8,10-11H,3,6,9,12H2,1H3,(H,23,26). The first-order valence-corrected chi connectivity index (χ1v) is 9.41. The van der Waals surface area contributed by atoms with Crippen LogP contribution in [0.4, 0.5) is 11.4 Å². The molecule has 1 aliphatic rings. The Hall–Kier alpha value is -3.19. The normalized spacial score (nSPS) is 13.3. The lowest BCUT2D eigenvalue weighted by Gasteiger charge is -2.18. The highest BCUT2D eigenvalue weighted by Gasteiger charge is 2.24. The van der Waals surface area contributed by atoms with Crippen LogP contribution in [0.2, 0.25) is 5.02 Å². The molecule has 3 rings (SSSR count). The van der Waals surface area contributed by atoms with Gasteiger partial charge in [0.1, 0.15) is 0 Å². The van der Waals surface area contributed by atoms with Crippen molar-refractivity contribution in [2.45, 2.75) is 19.8 Å². The molecule has 1 fully saturated rings. The molecule has 0 atom stereocenters. The molecule has 150 valence electrons. The molecule has 2 aromatic rings. The van der Waals surface area contributed by atoms with Gasteiger partial charge in [0.05, 0.1) is 16.3 Å². The first-order valence-electron chi connectivity index (χ1n) is 9.03. The Bertz CT molecular complexity index is 989. The maximum absolute atomic E-state index is 12.3. The molecule has 1 heterocycles. The molecule has 2 amide bonds. The number of ketones is 1. The molecule has 7 nitrogen and oxygen atoms in total. The maximum atomic E-state index is 12.3. The maximum Gasteiger partial charge on any atom is 0.338 e. The van der Waals surface area contributed by atoms with Crippen LogP contribution in [0, 0.1) is 0 Å². The lowest BCUT2D eigenvalue weighted by atomic mass is 10.1. The van der Waals surface area contributed by atoms with Crippen LogP contribution in [-0.2, 0) is 14.3 Å². The van der Waals surface area contributed by atoms with Crippen LogP contribution in [0.15, 0.2) is 42.5 Å². The summed E-state index contributed by atoms with van der Waals surface area (Å²) in [5.41, 5.74) is 1.54. The number of rotatable bonds is 6. The van der Waals surface area contributed by atoms with Crippen LogP contribution in [0.3, 0.4) is 0 Å². The highest BCUT2D eigenvalue weighted by molar-refractivity contribution is 6.34. The fourth-order valence-electron chi connectivity index (χ4n) is 2.98. The van der Waals surface area contributed by atoms with Gasteiger partial charge in [0.15, 0.2) is 12.4 Å². The minimum atomic E-state index is -0.706. The van der Waals surface area contributed by atoms with Gasteiger partial charge < -0.3 is 15.0 Å². The van der Waals surface area contributed by atoms with Gasteiger partial charge in [-0.05, 0) is 43.7 Å². The number of carbonyl (C=O) groups excluding carboxylic acids is 4. The predicted octanol–water partition coefficient (Wildman–Crippen LogP) is 3.46. The summed E-state index contributed by atoms with van der Waals surface area (Å²) < 4.78 is 5.06. The second-order valence-electron chi connectivity index (χ2n) is 6.58. The van der Waals surface area contributed by atoms with Crippen molar-refractivity contribution in [3.8, 4) is 0 Å². The Morgan fingerprint density at radius 1 is 1.14 bits per heavy atom. The van der Waals surface area contributed by atoms with Gasteiger partial charge in [-0.3, -0.25) is 14.4 Å². The molecule has 0 saturated carbocycles. The van der Waals surface area contributed by atoms with E-state index in [9.17, 15) is 19.2 Å². The van der Waals surface area contributed by atoms with Crippen LogP contribution in [0.25, 0.3) is 0 Å². The summed E-state index contributed by atoms with van der Waals surface area (Å²) in [7, 11) is 0. The van der Waals surface area contributed by atoms with Gasteiger partial charge in [0, 0.05) is 24.2 Å². The first kappa shape index (κ1) is 20.5. The van der Waals surface area contributed by atoms with E-state index < -0.39 is 18.5 Å². The zero-order valence-electron chi connectivity index (χ0n) is 15.7. The Balaban J connectivity index is 1.62. The van der Waals surface area contributed by atoms with Crippen molar-refractivity contribution in [2.24, 2.45) is 0 Å². The number of ether oxygens (including phenoxy) is 1. The third-order valence-corrected chi connectivity index (χ3v) is 4.75. The van der Waals surface area contributed by atoms with Crippen molar-refractivity contribution >= 4 is 46.5 Å². The zero-order chi connectivity index (χ0) is 21.0. The Morgan fingerprint density at radius 2 is 1.93 bits per heavy atom. The van der Waals surface area contributed by atoms with E-state index in [2.05, 4.69) is 5.32 Å². The zero-order valence-corrected chi connectivity index (χ0v) is 16.5. The third-order valence-electron chi connectivity index (χ3n) is 4.43. The quantitative estimate of drug-likeness (QED) is 0.577. The topological polar surface area (TPSA) is 92.8 Å². The lowest BCUT2D eigenvalue weighted by molar-refractivity contribution is -0.119. The van der Waals surface area contributed by atoms with E-state index >= 15 is 0 Å². The minimum absolute atomic E-state index is 0.0513. The lowest BCUT2D eigenvalue weighted by Crippen LogP contribution is -2.24. The molecular weight excluding hydrogens is 396 g/mol. The minimum Gasteiger partial charge on any atom is -0.452 e. The molecule has 0 bridgehead atoms. The Labute approximate surface area is 172 Å². The number of nitrogens with one attached hydrogen (secondary N) is 1. The van der Waals surface area contributed by atoms with E-state index in [1.54, 1.807) is 24.3 Å². The Kier molecular flexibility index (Phi) is 6.29. The van der Waals surface area contributed by atoms with E-state index in [0.717, 1.165) is 6.42 Å². The molecule has 0 spiro atoms. The van der Waals surface area contributed by atoms with Crippen LogP contribution >= 0.6 is 11.6 Å². The van der Waals surface area contributed by atoms with Crippen LogP contribution in [0.5, 0.6) is 0 Å². The van der Waals surface area contributed by atoms with Gasteiger partial charge in [-0.15, -0.1) is 0 Å². The number of nitrogens with zero attached hydrogens (tertiary/aromatic N) is 1.